The van der Waals surface area contributed by atoms with Crippen molar-refractivity contribution in [1.29, 1.82) is 0 Å². The van der Waals surface area contributed by atoms with E-state index in [9.17, 15) is 4.79 Å². The minimum atomic E-state index is 0.0937. The molecule has 2 unspecified atom stereocenters. The number of amides is 2. The largest absolute Gasteiger partial charge is 0.380 e. The minimum absolute atomic E-state index is 0.0937. The van der Waals surface area contributed by atoms with Crippen LogP contribution in [0.5, 0.6) is 0 Å². The normalized spacial score (nSPS) is 26.7. The summed E-state index contributed by atoms with van der Waals surface area (Å²) in [6.45, 7) is 13.0. The zero-order valence-corrected chi connectivity index (χ0v) is 13.7. The van der Waals surface area contributed by atoms with Gasteiger partial charge < -0.3 is 15.0 Å². The third kappa shape index (κ3) is 4.63. The number of ether oxygens (including phenoxy) is 1. The van der Waals surface area contributed by atoms with Crippen LogP contribution in [0.3, 0.4) is 0 Å². The third-order valence-electron chi connectivity index (χ3n) is 4.07. The number of carbonyl (C=O) groups excluding carboxylic acids is 1. The zero-order chi connectivity index (χ0) is 15.1. The average molecular weight is 285 g/mol. The Labute approximate surface area is 123 Å². The van der Waals surface area contributed by atoms with E-state index in [4.69, 9.17) is 4.74 Å². The molecule has 118 valence electrons. The summed E-state index contributed by atoms with van der Waals surface area (Å²) in [5.41, 5.74) is 0. The van der Waals surface area contributed by atoms with Crippen LogP contribution >= 0.6 is 0 Å². The molecule has 2 aliphatic heterocycles. The Bertz CT molecular complexity index is 297. The van der Waals surface area contributed by atoms with Crippen molar-refractivity contribution in [1.82, 2.24) is 15.1 Å². The molecule has 2 amide bonds. The first-order chi connectivity index (χ1) is 9.60. The van der Waals surface area contributed by atoms with Crippen LogP contribution in [-0.4, -0.2) is 67.8 Å². The molecular weight excluding hydrogens is 254 g/mol. The Morgan fingerprint density at radius 1 is 1.30 bits per heavy atom. The van der Waals surface area contributed by atoms with Crippen molar-refractivity contribution >= 4 is 6.03 Å². The van der Waals surface area contributed by atoms with Gasteiger partial charge in [-0.05, 0) is 12.3 Å². The zero-order valence-electron chi connectivity index (χ0n) is 13.7. The van der Waals surface area contributed by atoms with Crippen LogP contribution in [0.1, 0.15) is 34.1 Å². The van der Waals surface area contributed by atoms with Gasteiger partial charge in [0.2, 0.25) is 0 Å². The van der Waals surface area contributed by atoms with Crippen LogP contribution in [0.15, 0.2) is 0 Å². The number of rotatable bonds is 5. The maximum Gasteiger partial charge on any atom is 0.317 e. The highest BCUT2D eigenvalue weighted by atomic mass is 16.5. The number of hydrogen-bond donors (Lipinski definition) is 1. The third-order valence-corrected chi connectivity index (χ3v) is 4.07. The van der Waals surface area contributed by atoms with E-state index in [0.29, 0.717) is 18.1 Å². The van der Waals surface area contributed by atoms with Gasteiger partial charge in [-0.15, -0.1) is 0 Å². The fourth-order valence-corrected chi connectivity index (χ4v) is 2.64. The first kappa shape index (κ1) is 17.2. The first-order valence-corrected chi connectivity index (χ1v) is 7.90. The predicted octanol–water partition coefficient (Wildman–Crippen LogP) is 1.78. The fourth-order valence-electron chi connectivity index (χ4n) is 2.64. The van der Waals surface area contributed by atoms with Gasteiger partial charge in [0.05, 0.1) is 12.1 Å². The standard InChI is InChI=1S/C13H25N3O2.C2H6/c1-10(2)12-9-16(13(17)14-12)7-6-15-5-4-11(8-15)18-3;1-2/h10-12H,4-9H2,1-3H3,(H,14,17);1-2H3. The molecule has 2 heterocycles. The highest BCUT2D eigenvalue weighted by Gasteiger charge is 2.31. The number of methoxy groups -OCH3 is 1. The molecule has 2 saturated heterocycles. The molecule has 0 spiro atoms. The van der Waals surface area contributed by atoms with Gasteiger partial charge in [0.25, 0.3) is 0 Å². The fraction of sp³-hybridized carbons (Fsp3) is 0.933. The summed E-state index contributed by atoms with van der Waals surface area (Å²) in [7, 11) is 1.77. The van der Waals surface area contributed by atoms with E-state index in [1.54, 1.807) is 7.11 Å². The summed E-state index contributed by atoms with van der Waals surface area (Å²) >= 11 is 0. The van der Waals surface area contributed by atoms with Gasteiger partial charge in [-0.3, -0.25) is 4.90 Å². The van der Waals surface area contributed by atoms with E-state index in [0.717, 1.165) is 39.1 Å². The number of urea groups is 1. The summed E-state index contributed by atoms with van der Waals surface area (Å²) in [4.78, 5) is 16.1. The van der Waals surface area contributed by atoms with Crippen LogP contribution in [0.2, 0.25) is 0 Å². The molecule has 0 aliphatic carbocycles. The van der Waals surface area contributed by atoms with E-state index in [-0.39, 0.29) is 6.03 Å². The SMILES string of the molecule is CC.COC1CCN(CCN2CC(C(C)C)NC2=O)C1. The second-order valence-electron chi connectivity index (χ2n) is 5.69. The maximum absolute atomic E-state index is 11.8. The second-order valence-corrected chi connectivity index (χ2v) is 5.69. The van der Waals surface area contributed by atoms with Gasteiger partial charge >= 0.3 is 6.03 Å². The summed E-state index contributed by atoms with van der Waals surface area (Å²) in [5.74, 6) is 0.503. The van der Waals surface area contributed by atoms with E-state index in [2.05, 4.69) is 24.1 Å². The molecule has 1 N–H and O–H groups in total. The molecule has 2 fully saturated rings. The highest BCUT2D eigenvalue weighted by Crippen LogP contribution is 2.14. The molecule has 5 heteroatoms. The van der Waals surface area contributed by atoms with E-state index in [1.807, 2.05) is 18.7 Å². The van der Waals surface area contributed by atoms with Crippen molar-refractivity contribution in [2.75, 3.05) is 39.8 Å². The Hall–Kier alpha value is -0.810. The number of nitrogens with zero attached hydrogens (tertiary/aromatic N) is 2. The van der Waals surface area contributed by atoms with Crippen LogP contribution < -0.4 is 5.32 Å². The molecule has 0 radical (unpaired) electrons. The van der Waals surface area contributed by atoms with Crippen molar-refractivity contribution in [3.8, 4) is 0 Å². The summed E-state index contributed by atoms with van der Waals surface area (Å²) in [5, 5.41) is 3.04. The van der Waals surface area contributed by atoms with E-state index < -0.39 is 0 Å². The average Bonchev–Trinajstić information content (AvgIpc) is 3.05. The topological polar surface area (TPSA) is 44.8 Å². The quantitative estimate of drug-likeness (QED) is 0.837. The van der Waals surface area contributed by atoms with Crippen LogP contribution in [0.25, 0.3) is 0 Å². The Morgan fingerprint density at radius 2 is 2.00 bits per heavy atom. The monoisotopic (exact) mass is 285 g/mol. The minimum Gasteiger partial charge on any atom is -0.380 e. The van der Waals surface area contributed by atoms with Gasteiger partial charge in [0.1, 0.15) is 0 Å². The first-order valence-electron chi connectivity index (χ1n) is 7.90. The molecule has 0 aromatic carbocycles. The van der Waals surface area contributed by atoms with Gasteiger partial charge in [0.15, 0.2) is 0 Å². The van der Waals surface area contributed by atoms with Crippen LogP contribution in [0.4, 0.5) is 4.79 Å². The van der Waals surface area contributed by atoms with Crippen molar-refractivity contribution in [2.24, 2.45) is 5.92 Å². The smallest absolute Gasteiger partial charge is 0.317 e. The lowest BCUT2D eigenvalue weighted by atomic mass is 10.1. The number of carbonyl (C=O) groups is 1. The van der Waals surface area contributed by atoms with Gasteiger partial charge in [-0.1, -0.05) is 27.7 Å². The molecule has 20 heavy (non-hydrogen) atoms. The molecule has 5 nitrogen and oxygen atoms in total. The highest BCUT2D eigenvalue weighted by molar-refractivity contribution is 5.76. The predicted molar refractivity (Wildman–Crippen MR) is 81.9 cm³/mol. The van der Waals surface area contributed by atoms with E-state index in [1.165, 1.54) is 0 Å². The van der Waals surface area contributed by atoms with Crippen molar-refractivity contribution in [3.63, 3.8) is 0 Å². The molecule has 2 rings (SSSR count). The summed E-state index contributed by atoms with van der Waals surface area (Å²) in [6, 6.07) is 0.402. The lowest BCUT2D eigenvalue weighted by Crippen LogP contribution is -2.36. The van der Waals surface area contributed by atoms with E-state index >= 15 is 0 Å². The molecular formula is C15H31N3O2. The van der Waals surface area contributed by atoms with Crippen LogP contribution in [-0.2, 0) is 4.74 Å². The molecule has 0 bridgehead atoms. The maximum atomic E-state index is 11.8. The number of likely N-dealkylation sites (tertiary alicyclic amines) is 1. The molecule has 0 aromatic rings. The van der Waals surface area contributed by atoms with Crippen LogP contribution in [0, 0.1) is 5.92 Å². The van der Waals surface area contributed by atoms with Gasteiger partial charge in [-0.2, -0.15) is 0 Å². The summed E-state index contributed by atoms with van der Waals surface area (Å²) in [6.07, 6.45) is 1.48. The molecule has 2 aliphatic rings. The lowest BCUT2D eigenvalue weighted by molar-refractivity contribution is 0.107. The second kappa shape index (κ2) is 8.47. The van der Waals surface area contributed by atoms with Crippen molar-refractivity contribution in [2.45, 2.75) is 46.3 Å². The Balaban J connectivity index is 0.000000956. The Morgan fingerprint density at radius 3 is 2.50 bits per heavy atom. The Kier molecular flexibility index (Phi) is 7.30. The number of nitrogens with one attached hydrogen (secondary N) is 1. The van der Waals surface area contributed by atoms with Gasteiger partial charge in [0, 0.05) is 39.8 Å². The lowest BCUT2D eigenvalue weighted by Gasteiger charge is -2.20. The van der Waals surface area contributed by atoms with Crippen molar-refractivity contribution in [3.05, 3.63) is 0 Å². The summed E-state index contributed by atoms with van der Waals surface area (Å²) < 4.78 is 5.35. The van der Waals surface area contributed by atoms with Gasteiger partial charge in [-0.25, -0.2) is 4.79 Å². The van der Waals surface area contributed by atoms with Crippen molar-refractivity contribution < 1.29 is 9.53 Å². The molecule has 0 aromatic heterocycles. The molecule has 0 saturated carbocycles. The number of hydrogen-bond acceptors (Lipinski definition) is 3. The molecule has 2 atom stereocenters.